The second-order valence-electron chi connectivity index (χ2n) is 1.68. The summed E-state index contributed by atoms with van der Waals surface area (Å²) in [5, 5.41) is 8.27. The molecule has 3 N–H and O–H groups in total. The third-order valence-corrected chi connectivity index (χ3v) is 1.01. The molecule has 0 saturated heterocycles. The third kappa shape index (κ3) is 2.13. The van der Waals surface area contributed by atoms with Gasteiger partial charge in [0.05, 0.1) is 0 Å². The van der Waals surface area contributed by atoms with Crippen molar-refractivity contribution in [1.82, 2.24) is 0 Å². The highest BCUT2D eigenvalue weighted by molar-refractivity contribution is 5.76. The Hall–Kier alpha value is -1.05. The quantitative estimate of drug-likeness (QED) is 0.518. The average Bonchev–Trinajstić information content (AvgIpc) is 1.84. The SMILES string of the molecule is C=C=C(C)C(N)C(=O)O. The highest BCUT2D eigenvalue weighted by Gasteiger charge is 2.11. The monoisotopic (exact) mass is 127 g/mol. The summed E-state index contributed by atoms with van der Waals surface area (Å²) in [4.78, 5) is 10.1. The molecular formula is C6H9NO2. The lowest BCUT2D eigenvalue weighted by Crippen LogP contribution is -2.30. The van der Waals surface area contributed by atoms with Crippen LogP contribution in [0.25, 0.3) is 0 Å². The molecule has 0 aromatic heterocycles. The fraction of sp³-hybridized carbons (Fsp3) is 0.333. The van der Waals surface area contributed by atoms with Crippen LogP contribution in [0, 0.1) is 0 Å². The summed E-state index contributed by atoms with van der Waals surface area (Å²) in [5.41, 5.74) is 7.99. The summed E-state index contributed by atoms with van der Waals surface area (Å²) >= 11 is 0. The van der Waals surface area contributed by atoms with Crippen molar-refractivity contribution in [3.63, 3.8) is 0 Å². The van der Waals surface area contributed by atoms with Crippen molar-refractivity contribution in [3.8, 4) is 0 Å². The predicted octanol–water partition coefficient (Wildman–Crippen LogP) is 0.129. The maximum absolute atomic E-state index is 10.1. The molecule has 0 fully saturated rings. The van der Waals surface area contributed by atoms with Gasteiger partial charge in [-0.25, -0.2) is 0 Å². The van der Waals surface area contributed by atoms with Gasteiger partial charge in [0.15, 0.2) is 0 Å². The van der Waals surface area contributed by atoms with Crippen LogP contribution >= 0.6 is 0 Å². The largest absolute Gasteiger partial charge is 0.480 e. The fourth-order valence-corrected chi connectivity index (χ4v) is 0.295. The predicted molar refractivity (Wildman–Crippen MR) is 33.9 cm³/mol. The van der Waals surface area contributed by atoms with E-state index < -0.39 is 12.0 Å². The number of carboxylic acids is 1. The Bertz CT molecular complexity index is 168. The molecule has 0 aliphatic rings. The van der Waals surface area contributed by atoms with Gasteiger partial charge < -0.3 is 10.8 Å². The second-order valence-corrected chi connectivity index (χ2v) is 1.68. The van der Waals surface area contributed by atoms with Crippen molar-refractivity contribution in [2.24, 2.45) is 5.73 Å². The topological polar surface area (TPSA) is 63.3 Å². The minimum atomic E-state index is -1.05. The number of carboxylic acid groups (broad SMARTS) is 1. The smallest absolute Gasteiger partial charge is 0.325 e. The minimum absolute atomic E-state index is 0.447. The van der Waals surface area contributed by atoms with E-state index in [0.29, 0.717) is 5.57 Å². The summed E-state index contributed by atoms with van der Waals surface area (Å²) in [7, 11) is 0. The van der Waals surface area contributed by atoms with Crippen LogP contribution in [-0.2, 0) is 4.79 Å². The Morgan fingerprint density at radius 1 is 1.89 bits per heavy atom. The maximum atomic E-state index is 10.1. The molecule has 0 spiro atoms. The van der Waals surface area contributed by atoms with Gasteiger partial charge in [0.2, 0.25) is 0 Å². The lowest BCUT2D eigenvalue weighted by Gasteiger charge is -2.01. The van der Waals surface area contributed by atoms with E-state index in [4.69, 9.17) is 10.8 Å². The van der Waals surface area contributed by atoms with E-state index >= 15 is 0 Å². The summed E-state index contributed by atoms with van der Waals surface area (Å²) in [6.07, 6.45) is 0. The molecule has 0 aromatic carbocycles. The summed E-state index contributed by atoms with van der Waals surface area (Å²) in [5.74, 6) is -1.05. The molecule has 0 heterocycles. The zero-order valence-corrected chi connectivity index (χ0v) is 5.22. The van der Waals surface area contributed by atoms with Gasteiger partial charge in [0, 0.05) is 0 Å². The number of hydrogen-bond acceptors (Lipinski definition) is 2. The van der Waals surface area contributed by atoms with Crippen LogP contribution in [0.1, 0.15) is 6.92 Å². The highest BCUT2D eigenvalue weighted by Crippen LogP contribution is 1.93. The number of hydrogen-bond donors (Lipinski definition) is 2. The zero-order chi connectivity index (χ0) is 7.44. The molecule has 3 heteroatoms. The molecule has 0 aliphatic heterocycles. The molecule has 0 amide bonds. The standard InChI is InChI=1S/C6H9NO2/c1-3-4(2)5(7)6(8)9/h5H,1,7H2,2H3,(H,8,9). The van der Waals surface area contributed by atoms with Crippen LogP contribution in [0.4, 0.5) is 0 Å². The van der Waals surface area contributed by atoms with Crippen molar-refractivity contribution in [3.05, 3.63) is 17.9 Å². The van der Waals surface area contributed by atoms with Gasteiger partial charge in [-0.15, -0.1) is 5.73 Å². The normalized spacial score (nSPS) is 11.8. The molecule has 0 aliphatic carbocycles. The van der Waals surface area contributed by atoms with Crippen LogP contribution in [0.5, 0.6) is 0 Å². The van der Waals surface area contributed by atoms with E-state index in [1.807, 2.05) is 0 Å². The first-order valence-electron chi connectivity index (χ1n) is 2.44. The number of nitrogens with two attached hydrogens (primary N) is 1. The molecule has 50 valence electrons. The van der Waals surface area contributed by atoms with Gasteiger partial charge in [-0.1, -0.05) is 6.58 Å². The first-order chi connectivity index (χ1) is 4.09. The van der Waals surface area contributed by atoms with Gasteiger partial charge in [-0.05, 0) is 12.5 Å². The number of carbonyl (C=O) groups is 1. The molecule has 1 atom stereocenters. The van der Waals surface area contributed by atoms with Gasteiger partial charge >= 0.3 is 5.97 Å². The Morgan fingerprint density at radius 3 is 2.44 bits per heavy atom. The van der Waals surface area contributed by atoms with E-state index in [2.05, 4.69) is 12.3 Å². The van der Waals surface area contributed by atoms with Gasteiger partial charge in [-0.2, -0.15) is 0 Å². The molecule has 1 unspecified atom stereocenters. The molecule has 0 bridgehead atoms. The van der Waals surface area contributed by atoms with Crippen LogP contribution < -0.4 is 5.73 Å². The third-order valence-electron chi connectivity index (χ3n) is 1.01. The van der Waals surface area contributed by atoms with E-state index in [-0.39, 0.29) is 0 Å². The lowest BCUT2D eigenvalue weighted by atomic mass is 10.1. The van der Waals surface area contributed by atoms with Crippen LogP contribution in [0.3, 0.4) is 0 Å². The molecular weight excluding hydrogens is 118 g/mol. The highest BCUT2D eigenvalue weighted by atomic mass is 16.4. The molecule has 3 nitrogen and oxygen atoms in total. The Labute approximate surface area is 53.5 Å². The summed E-state index contributed by atoms with van der Waals surface area (Å²) in [6.45, 7) is 4.83. The first kappa shape index (κ1) is 7.95. The van der Waals surface area contributed by atoms with Crippen molar-refractivity contribution in [2.45, 2.75) is 13.0 Å². The van der Waals surface area contributed by atoms with E-state index in [9.17, 15) is 4.79 Å². The van der Waals surface area contributed by atoms with E-state index in [1.54, 1.807) is 6.92 Å². The van der Waals surface area contributed by atoms with Crippen molar-refractivity contribution in [2.75, 3.05) is 0 Å². The second kappa shape index (κ2) is 3.07. The average molecular weight is 127 g/mol. The summed E-state index contributed by atoms with van der Waals surface area (Å²) in [6, 6.07) is -0.956. The van der Waals surface area contributed by atoms with Crippen LogP contribution in [0.2, 0.25) is 0 Å². The molecule has 9 heavy (non-hydrogen) atoms. The van der Waals surface area contributed by atoms with Crippen molar-refractivity contribution in [1.29, 1.82) is 0 Å². The fourth-order valence-electron chi connectivity index (χ4n) is 0.295. The minimum Gasteiger partial charge on any atom is -0.480 e. The zero-order valence-electron chi connectivity index (χ0n) is 5.22. The van der Waals surface area contributed by atoms with Crippen LogP contribution in [-0.4, -0.2) is 17.1 Å². The maximum Gasteiger partial charge on any atom is 0.325 e. The van der Waals surface area contributed by atoms with Crippen LogP contribution in [0.15, 0.2) is 17.9 Å². The molecule has 0 radical (unpaired) electrons. The molecule has 0 saturated carbocycles. The van der Waals surface area contributed by atoms with Gasteiger partial charge in [-0.3, -0.25) is 4.79 Å². The Kier molecular flexibility index (Phi) is 2.71. The van der Waals surface area contributed by atoms with E-state index in [0.717, 1.165) is 0 Å². The Morgan fingerprint density at radius 2 is 2.33 bits per heavy atom. The van der Waals surface area contributed by atoms with Gasteiger partial charge in [0.1, 0.15) is 6.04 Å². The van der Waals surface area contributed by atoms with Crippen molar-refractivity contribution < 1.29 is 9.90 Å². The summed E-state index contributed by atoms with van der Waals surface area (Å²) < 4.78 is 0. The number of aliphatic carboxylic acids is 1. The number of rotatable bonds is 2. The first-order valence-corrected chi connectivity index (χ1v) is 2.44. The Balaban J connectivity index is 4.21. The van der Waals surface area contributed by atoms with Gasteiger partial charge in [0.25, 0.3) is 0 Å². The molecule has 0 rings (SSSR count). The lowest BCUT2D eigenvalue weighted by molar-refractivity contribution is -0.137. The van der Waals surface area contributed by atoms with E-state index in [1.165, 1.54) is 0 Å². The van der Waals surface area contributed by atoms with Crippen molar-refractivity contribution >= 4 is 5.97 Å². The molecule has 0 aromatic rings.